The number of hydrogen-bond acceptors (Lipinski definition) is 4. The lowest BCUT2D eigenvalue weighted by Crippen LogP contribution is -2.11. The Bertz CT molecular complexity index is 1030. The minimum absolute atomic E-state index is 0.267. The molecule has 0 unspecified atom stereocenters. The second-order valence-corrected chi connectivity index (χ2v) is 6.80. The Kier molecular flexibility index (Phi) is 6.19. The van der Waals surface area contributed by atoms with E-state index in [1.54, 1.807) is 36.5 Å². The van der Waals surface area contributed by atoms with E-state index in [-0.39, 0.29) is 5.91 Å². The van der Waals surface area contributed by atoms with Gasteiger partial charge in [0.05, 0.1) is 21.4 Å². The highest BCUT2D eigenvalue weighted by Crippen LogP contribution is 2.26. The van der Waals surface area contributed by atoms with Crippen molar-refractivity contribution < 1.29 is 4.79 Å². The third-order valence-corrected chi connectivity index (χ3v) is 4.76. The lowest BCUT2D eigenvalue weighted by atomic mass is 10.2. The van der Waals surface area contributed by atoms with Gasteiger partial charge in [-0.2, -0.15) is 0 Å². The van der Waals surface area contributed by atoms with Gasteiger partial charge in [0, 0.05) is 30.2 Å². The van der Waals surface area contributed by atoms with Gasteiger partial charge in [0.15, 0.2) is 0 Å². The molecule has 142 valence electrons. The third-order valence-electron chi connectivity index (χ3n) is 4.02. The Balaban J connectivity index is 1.69. The first-order valence-electron chi connectivity index (χ1n) is 8.44. The summed E-state index contributed by atoms with van der Waals surface area (Å²) in [6.45, 7) is 0. The Morgan fingerprint density at radius 3 is 2.36 bits per heavy atom. The summed E-state index contributed by atoms with van der Waals surface area (Å²) in [5.41, 5.74) is 10.1. The van der Waals surface area contributed by atoms with Gasteiger partial charge in [-0.25, -0.2) is 0 Å². The fourth-order valence-electron chi connectivity index (χ4n) is 2.45. The van der Waals surface area contributed by atoms with Gasteiger partial charge in [0.2, 0.25) is 0 Å². The standard InChI is InChI=1S/C21H18Cl2N4O/c1-25-16-7-9-19(24)20(11-16)26-12-13-2-5-15(6-3-13)27-21(28)14-4-8-17(22)18(23)10-14/h2-12,25H,24H2,1H3,(H,27,28). The van der Waals surface area contributed by atoms with Crippen LogP contribution in [-0.2, 0) is 0 Å². The molecule has 0 spiro atoms. The van der Waals surface area contributed by atoms with E-state index in [2.05, 4.69) is 15.6 Å². The number of aliphatic imine (C=N–C) groups is 1. The van der Waals surface area contributed by atoms with Crippen LogP contribution >= 0.6 is 23.2 Å². The largest absolute Gasteiger partial charge is 0.397 e. The maximum atomic E-state index is 12.3. The number of nitrogens with zero attached hydrogens (tertiary/aromatic N) is 1. The van der Waals surface area contributed by atoms with E-state index in [1.165, 1.54) is 6.07 Å². The van der Waals surface area contributed by atoms with Crippen LogP contribution in [0.2, 0.25) is 10.0 Å². The van der Waals surface area contributed by atoms with Crippen LogP contribution in [-0.4, -0.2) is 19.2 Å². The summed E-state index contributed by atoms with van der Waals surface area (Å²) in [6, 6.07) is 17.6. The van der Waals surface area contributed by atoms with Crippen LogP contribution in [0.5, 0.6) is 0 Å². The van der Waals surface area contributed by atoms with Gasteiger partial charge in [-0.3, -0.25) is 9.79 Å². The van der Waals surface area contributed by atoms with E-state index in [0.717, 1.165) is 11.3 Å². The number of anilines is 3. The van der Waals surface area contributed by atoms with Crippen molar-refractivity contribution in [2.75, 3.05) is 23.4 Å². The highest BCUT2D eigenvalue weighted by atomic mass is 35.5. The van der Waals surface area contributed by atoms with Crippen molar-refractivity contribution in [3.63, 3.8) is 0 Å². The van der Waals surface area contributed by atoms with Gasteiger partial charge in [-0.15, -0.1) is 0 Å². The molecule has 0 heterocycles. The zero-order valence-electron chi connectivity index (χ0n) is 15.0. The van der Waals surface area contributed by atoms with Gasteiger partial charge in [-0.05, 0) is 54.1 Å². The van der Waals surface area contributed by atoms with Gasteiger partial charge in [0.25, 0.3) is 5.91 Å². The molecule has 3 aromatic rings. The molecule has 7 heteroatoms. The predicted octanol–water partition coefficient (Wildman–Crippen LogP) is 5.62. The predicted molar refractivity (Wildman–Crippen MR) is 119 cm³/mol. The van der Waals surface area contributed by atoms with E-state index in [9.17, 15) is 4.79 Å². The first-order valence-corrected chi connectivity index (χ1v) is 9.19. The number of nitrogens with one attached hydrogen (secondary N) is 2. The highest BCUT2D eigenvalue weighted by Gasteiger charge is 2.08. The lowest BCUT2D eigenvalue weighted by molar-refractivity contribution is 0.102. The molecule has 1 amide bonds. The van der Waals surface area contributed by atoms with E-state index in [1.807, 2.05) is 31.3 Å². The van der Waals surface area contributed by atoms with Crippen LogP contribution in [0.15, 0.2) is 65.7 Å². The van der Waals surface area contributed by atoms with Crippen LogP contribution in [0.1, 0.15) is 15.9 Å². The molecule has 4 N–H and O–H groups in total. The Morgan fingerprint density at radius 2 is 1.68 bits per heavy atom. The number of rotatable bonds is 5. The van der Waals surface area contributed by atoms with Crippen LogP contribution < -0.4 is 16.4 Å². The Labute approximate surface area is 173 Å². The van der Waals surface area contributed by atoms with Gasteiger partial charge >= 0.3 is 0 Å². The molecule has 0 aromatic heterocycles. The summed E-state index contributed by atoms with van der Waals surface area (Å²) in [5.74, 6) is -0.267. The molecule has 0 fully saturated rings. The SMILES string of the molecule is CNc1ccc(N)c(N=Cc2ccc(NC(=O)c3ccc(Cl)c(Cl)c3)cc2)c1. The monoisotopic (exact) mass is 412 g/mol. The number of nitrogens with two attached hydrogens (primary N) is 1. The van der Waals surface area contributed by atoms with Crippen molar-refractivity contribution in [1.82, 2.24) is 0 Å². The van der Waals surface area contributed by atoms with Crippen molar-refractivity contribution in [3.05, 3.63) is 81.8 Å². The average molecular weight is 413 g/mol. The molecule has 0 atom stereocenters. The van der Waals surface area contributed by atoms with Crippen LogP contribution in [0.3, 0.4) is 0 Å². The molecule has 5 nitrogen and oxygen atoms in total. The molecule has 0 bridgehead atoms. The van der Waals surface area contributed by atoms with Crippen LogP contribution in [0.4, 0.5) is 22.7 Å². The summed E-state index contributed by atoms with van der Waals surface area (Å²) >= 11 is 11.8. The van der Waals surface area contributed by atoms with E-state index in [0.29, 0.717) is 32.7 Å². The lowest BCUT2D eigenvalue weighted by Gasteiger charge is -2.07. The van der Waals surface area contributed by atoms with Crippen molar-refractivity contribution in [2.45, 2.75) is 0 Å². The molecule has 0 aliphatic carbocycles. The van der Waals surface area contributed by atoms with Crippen LogP contribution in [0, 0.1) is 0 Å². The molecule has 3 aromatic carbocycles. The maximum absolute atomic E-state index is 12.3. The summed E-state index contributed by atoms with van der Waals surface area (Å²) in [6.07, 6.45) is 1.72. The highest BCUT2D eigenvalue weighted by molar-refractivity contribution is 6.42. The summed E-state index contributed by atoms with van der Waals surface area (Å²) < 4.78 is 0. The second-order valence-electron chi connectivity index (χ2n) is 5.99. The van der Waals surface area contributed by atoms with Crippen molar-refractivity contribution in [3.8, 4) is 0 Å². The number of carbonyl (C=O) groups excluding carboxylic acids is 1. The molecule has 3 rings (SSSR count). The average Bonchev–Trinajstić information content (AvgIpc) is 2.70. The van der Waals surface area contributed by atoms with E-state index >= 15 is 0 Å². The van der Waals surface area contributed by atoms with Crippen molar-refractivity contribution >= 4 is 58.1 Å². The fraction of sp³-hybridized carbons (Fsp3) is 0.0476. The second kappa shape index (κ2) is 8.78. The summed E-state index contributed by atoms with van der Waals surface area (Å²) in [5, 5.41) is 6.61. The molecular weight excluding hydrogens is 395 g/mol. The first-order chi connectivity index (χ1) is 13.5. The molecule has 0 aliphatic rings. The Hall–Kier alpha value is -3.02. The smallest absolute Gasteiger partial charge is 0.255 e. The zero-order chi connectivity index (χ0) is 20.1. The van der Waals surface area contributed by atoms with Gasteiger partial charge in [0.1, 0.15) is 0 Å². The maximum Gasteiger partial charge on any atom is 0.255 e. The van der Waals surface area contributed by atoms with E-state index < -0.39 is 0 Å². The van der Waals surface area contributed by atoms with E-state index in [4.69, 9.17) is 28.9 Å². The normalized spacial score (nSPS) is 10.8. The topological polar surface area (TPSA) is 79.5 Å². The molecule has 0 saturated heterocycles. The third kappa shape index (κ3) is 4.82. The van der Waals surface area contributed by atoms with Crippen molar-refractivity contribution in [1.29, 1.82) is 0 Å². The first kappa shape index (κ1) is 19.7. The molecule has 0 saturated carbocycles. The van der Waals surface area contributed by atoms with Gasteiger partial charge in [-0.1, -0.05) is 35.3 Å². The number of nitrogen functional groups attached to an aromatic ring is 1. The molecule has 28 heavy (non-hydrogen) atoms. The summed E-state index contributed by atoms with van der Waals surface area (Å²) in [4.78, 5) is 16.7. The quantitative estimate of drug-likeness (QED) is 0.375. The van der Waals surface area contributed by atoms with Crippen molar-refractivity contribution in [2.24, 2.45) is 4.99 Å². The minimum atomic E-state index is -0.267. The van der Waals surface area contributed by atoms with Gasteiger partial charge < -0.3 is 16.4 Å². The number of benzene rings is 3. The number of hydrogen-bond donors (Lipinski definition) is 3. The molecule has 0 aliphatic heterocycles. The minimum Gasteiger partial charge on any atom is -0.397 e. The number of halogens is 2. The number of carbonyl (C=O) groups is 1. The summed E-state index contributed by atoms with van der Waals surface area (Å²) in [7, 11) is 1.84. The fourth-order valence-corrected chi connectivity index (χ4v) is 2.75. The molecular formula is C21H18Cl2N4O. The Morgan fingerprint density at radius 1 is 0.964 bits per heavy atom. The number of amides is 1. The molecule has 0 radical (unpaired) electrons. The zero-order valence-corrected chi connectivity index (χ0v) is 16.6. The van der Waals surface area contributed by atoms with Crippen LogP contribution in [0.25, 0.3) is 0 Å².